The number of rotatable bonds is 3. The van der Waals surface area contributed by atoms with E-state index < -0.39 is 30.6 Å². The number of hydrogen-bond donors (Lipinski definition) is 0. The van der Waals surface area contributed by atoms with Crippen molar-refractivity contribution < 1.29 is 22.4 Å². The van der Waals surface area contributed by atoms with E-state index in [-0.39, 0.29) is 10.0 Å². The Labute approximate surface area is 97.6 Å². The van der Waals surface area contributed by atoms with Crippen molar-refractivity contribution in [2.75, 3.05) is 0 Å². The van der Waals surface area contributed by atoms with E-state index in [1.54, 1.807) is 0 Å². The molecule has 1 aromatic carbocycles. The largest absolute Gasteiger partial charge is 0.389 e. The van der Waals surface area contributed by atoms with Crippen LogP contribution in [0.25, 0.3) is 0 Å². The number of Topliss-reactive ketones (excluding diaryl/α,β-unsaturated/α-hetero) is 1. The van der Waals surface area contributed by atoms with Gasteiger partial charge < -0.3 is 0 Å². The number of ketones is 1. The standard InChI is InChI=1S/C10H7BrF4O/c11-7-5-6(1-2-8(7)12)9(16)3-4-10(13,14)15/h1-2,5H,3-4H2. The summed E-state index contributed by atoms with van der Waals surface area (Å²) in [5.74, 6) is -1.22. The first-order valence-electron chi connectivity index (χ1n) is 4.34. The molecule has 0 saturated heterocycles. The first kappa shape index (κ1) is 13.2. The SMILES string of the molecule is O=C(CCC(F)(F)F)c1ccc(F)c(Br)c1. The van der Waals surface area contributed by atoms with Crippen molar-refractivity contribution in [2.45, 2.75) is 19.0 Å². The molecule has 0 spiro atoms. The number of halogens is 5. The van der Waals surface area contributed by atoms with Crippen molar-refractivity contribution in [2.24, 2.45) is 0 Å². The molecular weight excluding hydrogens is 292 g/mol. The van der Waals surface area contributed by atoms with Crippen LogP contribution in [0.15, 0.2) is 22.7 Å². The fourth-order valence-electron chi connectivity index (χ4n) is 1.07. The summed E-state index contributed by atoms with van der Waals surface area (Å²) in [6, 6.07) is 3.37. The number of carbonyl (C=O) groups excluding carboxylic acids is 1. The molecule has 0 aliphatic carbocycles. The van der Waals surface area contributed by atoms with Crippen molar-refractivity contribution in [3.05, 3.63) is 34.1 Å². The highest BCUT2D eigenvalue weighted by atomic mass is 79.9. The molecular formula is C10H7BrF4O. The minimum Gasteiger partial charge on any atom is -0.294 e. The molecule has 0 heterocycles. The Hall–Kier alpha value is -0.910. The van der Waals surface area contributed by atoms with Crippen molar-refractivity contribution >= 4 is 21.7 Å². The third-order valence-electron chi connectivity index (χ3n) is 1.88. The van der Waals surface area contributed by atoms with E-state index in [9.17, 15) is 22.4 Å². The van der Waals surface area contributed by atoms with Gasteiger partial charge in [0.2, 0.25) is 0 Å². The second kappa shape index (κ2) is 4.95. The molecule has 0 unspecified atom stereocenters. The number of carbonyl (C=O) groups is 1. The molecule has 0 aliphatic heterocycles. The lowest BCUT2D eigenvalue weighted by Gasteiger charge is -2.05. The second-order valence-electron chi connectivity index (χ2n) is 3.17. The Morgan fingerprint density at radius 3 is 2.44 bits per heavy atom. The summed E-state index contributed by atoms with van der Waals surface area (Å²) >= 11 is 2.86. The number of hydrogen-bond acceptors (Lipinski definition) is 1. The first-order valence-corrected chi connectivity index (χ1v) is 5.14. The molecule has 0 fully saturated rings. The molecule has 0 saturated carbocycles. The third-order valence-corrected chi connectivity index (χ3v) is 2.48. The highest BCUT2D eigenvalue weighted by Crippen LogP contribution is 2.24. The van der Waals surface area contributed by atoms with Gasteiger partial charge in [0.15, 0.2) is 5.78 Å². The van der Waals surface area contributed by atoms with Crippen LogP contribution in [0.1, 0.15) is 23.2 Å². The topological polar surface area (TPSA) is 17.1 Å². The smallest absolute Gasteiger partial charge is 0.294 e. The zero-order chi connectivity index (χ0) is 12.3. The zero-order valence-electron chi connectivity index (χ0n) is 7.94. The molecule has 1 nitrogen and oxygen atoms in total. The second-order valence-corrected chi connectivity index (χ2v) is 4.02. The van der Waals surface area contributed by atoms with Crippen molar-refractivity contribution in [1.82, 2.24) is 0 Å². The van der Waals surface area contributed by atoms with Gasteiger partial charge >= 0.3 is 6.18 Å². The Kier molecular flexibility index (Phi) is 4.07. The summed E-state index contributed by atoms with van der Waals surface area (Å²) in [6.07, 6.45) is -6.14. The Morgan fingerprint density at radius 1 is 1.31 bits per heavy atom. The van der Waals surface area contributed by atoms with Crippen LogP contribution < -0.4 is 0 Å². The van der Waals surface area contributed by atoms with Gasteiger partial charge in [-0.1, -0.05) is 0 Å². The van der Waals surface area contributed by atoms with Crippen LogP contribution in [0, 0.1) is 5.82 Å². The minimum absolute atomic E-state index is 0.0605. The Morgan fingerprint density at radius 2 is 1.94 bits per heavy atom. The van der Waals surface area contributed by atoms with Crippen LogP contribution in [0.5, 0.6) is 0 Å². The monoisotopic (exact) mass is 298 g/mol. The van der Waals surface area contributed by atoms with E-state index in [1.807, 2.05) is 0 Å². The lowest BCUT2D eigenvalue weighted by molar-refractivity contribution is -0.133. The van der Waals surface area contributed by atoms with E-state index in [2.05, 4.69) is 15.9 Å². The molecule has 1 rings (SSSR count). The number of benzene rings is 1. The zero-order valence-corrected chi connectivity index (χ0v) is 9.53. The molecule has 1 aromatic rings. The van der Waals surface area contributed by atoms with E-state index in [0.717, 1.165) is 6.07 Å². The van der Waals surface area contributed by atoms with Gasteiger partial charge in [0, 0.05) is 12.0 Å². The van der Waals surface area contributed by atoms with Crippen molar-refractivity contribution in [3.63, 3.8) is 0 Å². The van der Waals surface area contributed by atoms with Crippen LogP contribution in [0.2, 0.25) is 0 Å². The van der Waals surface area contributed by atoms with Gasteiger partial charge in [-0.15, -0.1) is 0 Å². The predicted octanol–water partition coefficient (Wildman–Crippen LogP) is 4.11. The molecule has 16 heavy (non-hydrogen) atoms. The maximum Gasteiger partial charge on any atom is 0.389 e. The maximum atomic E-state index is 12.8. The Balaban J connectivity index is 2.70. The molecule has 0 amide bonds. The summed E-state index contributed by atoms with van der Waals surface area (Å²) in [5, 5.41) is 0. The van der Waals surface area contributed by atoms with Crippen LogP contribution in [0.3, 0.4) is 0 Å². The summed E-state index contributed by atoms with van der Waals surface area (Å²) in [5.41, 5.74) is 0.0672. The highest BCUT2D eigenvalue weighted by Gasteiger charge is 2.28. The van der Waals surface area contributed by atoms with Gasteiger partial charge in [0.05, 0.1) is 10.9 Å². The van der Waals surface area contributed by atoms with Gasteiger partial charge in [-0.05, 0) is 34.1 Å². The lowest BCUT2D eigenvalue weighted by atomic mass is 10.1. The van der Waals surface area contributed by atoms with Crippen molar-refractivity contribution in [1.29, 1.82) is 0 Å². The maximum absolute atomic E-state index is 12.8. The highest BCUT2D eigenvalue weighted by molar-refractivity contribution is 9.10. The van der Waals surface area contributed by atoms with E-state index in [0.29, 0.717) is 0 Å². The van der Waals surface area contributed by atoms with Crippen LogP contribution in [0.4, 0.5) is 17.6 Å². The van der Waals surface area contributed by atoms with Crippen LogP contribution in [-0.2, 0) is 0 Å². The summed E-state index contributed by atoms with van der Waals surface area (Å²) in [6.45, 7) is 0. The normalized spacial score (nSPS) is 11.6. The van der Waals surface area contributed by atoms with Gasteiger partial charge in [-0.25, -0.2) is 4.39 Å². The quantitative estimate of drug-likeness (QED) is 0.606. The molecule has 0 radical (unpaired) electrons. The molecule has 6 heteroatoms. The lowest BCUT2D eigenvalue weighted by Crippen LogP contribution is -2.11. The average Bonchev–Trinajstić information content (AvgIpc) is 2.17. The van der Waals surface area contributed by atoms with Gasteiger partial charge in [0.1, 0.15) is 5.82 Å². The van der Waals surface area contributed by atoms with Gasteiger partial charge in [0.25, 0.3) is 0 Å². The number of alkyl halides is 3. The fraction of sp³-hybridized carbons (Fsp3) is 0.300. The van der Waals surface area contributed by atoms with Gasteiger partial charge in [-0.3, -0.25) is 4.79 Å². The molecule has 0 bridgehead atoms. The van der Waals surface area contributed by atoms with E-state index >= 15 is 0 Å². The first-order chi connectivity index (χ1) is 7.29. The van der Waals surface area contributed by atoms with E-state index in [1.165, 1.54) is 12.1 Å². The summed E-state index contributed by atoms with van der Waals surface area (Å²) < 4.78 is 48.4. The van der Waals surface area contributed by atoms with Gasteiger partial charge in [-0.2, -0.15) is 13.2 Å². The Bertz CT molecular complexity index is 400. The van der Waals surface area contributed by atoms with E-state index in [4.69, 9.17) is 0 Å². The minimum atomic E-state index is -4.35. The van der Waals surface area contributed by atoms with Crippen LogP contribution in [-0.4, -0.2) is 12.0 Å². The molecule has 0 aromatic heterocycles. The average molecular weight is 299 g/mol. The molecule has 0 aliphatic rings. The summed E-state index contributed by atoms with van der Waals surface area (Å²) in [4.78, 5) is 11.3. The predicted molar refractivity (Wildman–Crippen MR) is 53.7 cm³/mol. The third kappa shape index (κ3) is 3.92. The van der Waals surface area contributed by atoms with Crippen molar-refractivity contribution in [3.8, 4) is 0 Å². The van der Waals surface area contributed by atoms with Crippen LogP contribution >= 0.6 is 15.9 Å². The molecule has 0 N–H and O–H groups in total. The summed E-state index contributed by atoms with van der Waals surface area (Å²) in [7, 11) is 0. The fourth-order valence-corrected chi connectivity index (χ4v) is 1.45. The molecule has 0 atom stereocenters. The molecule has 88 valence electrons.